The van der Waals surface area contributed by atoms with Crippen LogP contribution in [0, 0.1) is 5.82 Å². The van der Waals surface area contributed by atoms with Crippen molar-refractivity contribution in [2.75, 3.05) is 22.7 Å². The van der Waals surface area contributed by atoms with Gasteiger partial charge < -0.3 is 16.0 Å². The molecule has 14 heteroatoms. The van der Waals surface area contributed by atoms with Crippen LogP contribution in [0.4, 0.5) is 28.9 Å². The summed E-state index contributed by atoms with van der Waals surface area (Å²) in [6, 6.07) is 1.83. The normalized spacial score (nSPS) is 17.1. The van der Waals surface area contributed by atoms with Gasteiger partial charge in [0.25, 0.3) is 0 Å². The number of halogens is 4. The van der Waals surface area contributed by atoms with Crippen LogP contribution in [-0.2, 0) is 15.5 Å². The highest BCUT2D eigenvalue weighted by Gasteiger charge is 2.48. The van der Waals surface area contributed by atoms with Crippen molar-refractivity contribution in [2.24, 2.45) is 10.8 Å². The summed E-state index contributed by atoms with van der Waals surface area (Å²) in [5.41, 5.74) is 4.91. The summed E-state index contributed by atoms with van der Waals surface area (Å²) in [6.07, 6.45) is -6.23. The Bertz CT molecular complexity index is 896. The first-order chi connectivity index (χ1) is 13.0. The lowest BCUT2D eigenvalue weighted by atomic mass is 10.1. The Morgan fingerprint density at radius 2 is 2.07 bits per heavy atom. The molecule has 0 saturated heterocycles. The third-order valence-corrected chi connectivity index (χ3v) is 4.39. The summed E-state index contributed by atoms with van der Waals surface area (Å²) in [5.74, 6) is -2.96. The Balaban J connectivity index is 2.61. The predicted molar refractivity (Wildman–Crippen MR) is 99.3 cm³/mol. The molecule has 1 unspecified atom stereocenters. The Morgan fingerprint density at radius 3 is 2.54 bits per heavy atom. The zero-order valence-electron chi connectivity index (χ0n) is 14.2. The molecule has 8 nitrogen and oxygen atoms in total. The van der Waals surface area contributed by atoms with Crippen LogP contribution in [0.3, 0.4) is 0 Å². The summed E-state index contributed by atoms with van der Waals surface area (Å²) in [6.45, 7) is 1.16. The van der Waals surface area contributed by atoms with E-state index in [9.17, 15) is 30.8 Å². The van der Waals surface area contributed by atoms with Crippen molar-refractivity contribution >= 4 is 51.4 Å². The van der Waals surface area contributed by atoms with Crippen LogP contribution in [0.1, 0.15) is 12.5 Å². The van der Waals surface area contributed by atoms with Crippen molar-refractivity contribution in [2.45, 2.75) is 19.3 Å². The number of thiol groups is 1. The number of nitrogens with zero attached hydrogens (tertiary/aromatic N) is 3. The lowest BCUT2D eigenvalue weighted by Crippen LogP contribution is -2.47. The molecule has 28 heavy (non-hydrogen) atoms. The van der Waals surface area contributed by atoms with Gasteiger partial charge in [-0.1, -0.05) is 12.2 Å². The standard InChI is InChI=1S/C14H15F4N5O3S2/c1-2-22-11(5-24)23(21-13(22)14(16,17)18)10-4-9(20-6-28(25)26)7(12(19)27)3-8(10)15/h3-5,11,20,28H,2,6H2,1H3,(H2,19,27). The molecule has 0 spiro atoms. The fourth-order valence-electron chi connectivity index (χ4n) is 2.60. The number of thiocarbonyl (C=S) groups is 1. The number of likely N-dealkylation sites (N-methyl/N-ethyl adjacent to an activating group) is 1. The number of amidine groups is 1. The average molecular weight is 441 g/mol. The molecule has 1 atom stereocenters. The van der Waals surface area contributed by atoms with E-state index in [1.165, 1.54) is 6.92 Å². The van der Waals surface area contributed by atoms with E-state index in [1.54, 1.807) is 0 Å². The first-order valence-corrected chi connectivity index (χ1v) is 9.44. The number of alkyl halides is 3. The number of rotatable bonds is 7. The van der Waals surface area contributed by atoms with E-state index in [1.807, 2.05) is 0 Å². The second kappa shape index (κ2) is 8.26. The minimum atomic E-state index is -4.87. The van der Waals surface area contributed by atoms with Gasteiger partial charge in [0.1, 0.15) is 22.4 Å². The van der Waals surface area contributed by atoms with Gasteiger partial charge in [0.05, 0.1) is 0 Å². The smallest absolute Gasteiger partial charge is 0.389 e. The molecular weight excluding hydrogens is 426 g/mol. The van der Waals surface area contributed by atoms with Crippen molar-refractivity contribution in [1.29, 1.82) is 0 Å². The van der Waals surface area contributed by atoms with Crippen LogP contribution < -0.4 is 16.1 Å². The van der Waals surface area contributed by atoms with E-state index >= 15 is 0 Å². The Labute approximate surface area is 163 Å². The second-order valence-electron chi connectivity index (χ2n) is 5.48. The number of benzene rings is 1. The molecule has 154 valence electrons. The number of anilines is 2. The van der Waals surface area contributed by atoms with Crippen LogP contribution >= 0.6 is 12.2 Å². The molecule has 1 aromatic rings. The van der Waals surface area contributed by atoms with Crippen molar-refractivity contribution in [3.8, 4) is 0 Å². The fraction of sp³-hybridized carbons (Fsp3) is 0.357. The molecule has 0 saturated carbocycles. The number of hydrogen-bond donors (Lipinski definition) is 3. The highest BCUT2D eigenvalue weighted by Crippen LogP contribution is 2.35. The minimum Gasteiger partial charge on any atom is -0.389 e. The predicted octanol–water partition coefficient (Wildman–Crippen LogP) is 0.983. The highest BCUT2D eigenvalue weighted by molar-refractivity contribution is 7.80. The fourth-order valence-corrected chi connectivity index (χ4v) is 3.07. The lowest BCUT2D eigenvalue weighted by Gasteiger charge is -2.27. The number of carbonyl (C=O) groups is 1. The Hall–Kier alpha value is -2.48. The van der Waals surface area contributed by atoms with Gasteiger partial charge in [0.2, 0.25) is 5.84 Å². The van der Waals surface area contributed by atoms with Gasteiger partial charge in [-0.15, -0.1) is 5.10 Å². The van der Waals surface area contributed by atoms with E-state index < -0.39 is 46.3 Å². The molecule has 0 radical (unpaired) electrons. The van der Waals surface area contributed by atoms with Crippen LogP contribution in [-0.4, -0.2) is 55.2 Å². The largest absolute Gasteiger partial charge is 0.451 e. The zero-order chi connectivity index (χ0) is 21.2. The van der Waals surface area contributed by atoms with Gasteiger partial charge in [0.15, 0.2) is 23.2 Å². The Kier molecular flexibility index (Phi) is 6.44. The van der Waals surface area contributed by atoms with Crippen LogP contribution in [0.2, 0.25) is 0 Å². The van der Waals surface area contributed by atoms with E-state index in [0.29, 0.717) is 9.91 Å². The summed E-state index contributed by atoms with van der Waals surface area (Å²) < 4.78 is 76.0. The van der Waals surface area contributed by atoms with Crippen LogP contribution in [0.25, 0.3) is 0 Å². The first-order valence-electron chi connectivity index (χ1n) is 7.67. The maximum absolute atomic E-state index is 14.6. The van der Waals surface area contributed by atoms with E-state index in [0.717, 1.165) is 12.1 Å². The van der Waals surface area contributed by atoms with Gasteiger partial charge in [-0.05, 0) is 19.1 Å². The van der Waals surface area contributed by atoms with Crippen LogP contribution in [0.15, 0.2) is 17.2 Å². The summed E-state index contributed by atoms with van der Waals surface area (Å²) in [4.78, 5) is 11.8. The summed E-state index contributed by atoms with van der Waals surface area (Å²) in [5, 5.41) is 6.40. The van der Waals surface area contributed by atoms with Crippen molar-refractivity contribution < 1.29 is 30.8 Å². The molecule has 0 aromatic heterocycles. The quantitative estimate of drug-likeness (QED) is 0.249. The molecule has 0 aliphatic carbocycles. The number of hydrazone groups is 1. The van der Waals surface area contributed by atoms with Crippen LogP contribution in [0.5, 0.6) is 0 Å². The monoisotopic (exact) mass is 441 g/mol. The number of aldehydes is 1. The number of carbonyl (C=O) groups excluding carboxylic acids is 1. The van der Waals surface area contributed by atoms with Gasteiger partial charge in [-0.25, -0.2) is 17.8 Å². The third kappa shape index (κ3) is 4.32. The van der Waals surface area contributed by atoms with Gasteiger partial charge in [-0.3, -0.25) is 4.79 Å². The van der Waals surface area contributed by atoms with E-state index in [2.05, 4.69) is 10.4 Å². The third-order valence-electron chi connectivity index (χ3n) is 3.76. The maximum Gasteiger partial charge on any atom is 0.451 e. The van der Waals surface area contributed by atoms with Gasteiger partial charge >= 0.3 is 6.18 Å². The topological polar surface area (TPSA) is 108 Å². The molecule has 1 aromatic carbocycles. The van der Waals surface area contributed by atoms with Crippen molar-refractivity contribution in [1.82, 2.24) is 4.90 Å². The summed E-state index contributed by atoms with van der Waals surface area (Å²) in [7, 11) is -2.87. The SMILES string of the molecule is CCN1C(C(F)(F)F)=NN(c2cc(NC[SH](=O)=O)c(C(N)=S)cc2F)C1C=O. The van der Waals surface area contributed by atoms with Gasteiger partial charge in [-0.2, -0.15) is 13.2 Å². The number of nitrogens with two attached hydrogens (primary N) is 1. The minimum absolute atomic E-state index is 0.0357. The highest BCUT2D eigenvalue weighted by atomic mass is 32.2. The number of nitrogens with one attached hydrogen (secondary N) is 1. The maximum atomic E-state index is 14.6. The second-order valence-corrected chi connectivity index (χ2v) is 6.90. The molecule has 1 aliphatic heterocycles. The first kappa shape index (κ1) is 21.8. The van der Waals surface area contributed by atoms with Crippen molar-refractivity contribution in [3.63, 3.8) is 0 Å². The van der Waals surface area contributed by atoms with E-state index in [4.69, 9.17) is 18.0 Å². The number of hydrogen-bond acceptors (Lipinski definition) is 8. The molecule has 0 bridgehead atoms. The molecular formula is C14H15F4N5O3S2. The van der Waals surface area contributed by atoms with Crippen molar-refractivity contribution in [3.05, 3.63) is 23.5 Å². The molecule has 1 heterocycles. The molecule has 3 N–H and O–H groups in total. The average Bonchev–Trinajstić information content (AvgIpc) is 2.98. The van der Waals surface area contributed by atoms with E-state index in [-0.39, 0.29) is 29.1 Å². The zero-order valence-corrected chi connectivity index (χ0v) is 15.9. The molecule has 0 amide bonds. The molecule has 2 rings (SSSR count). The molecule has 0 fully saturated rings. The Morgan fingerprint density at radius 1 is 1.43 bits per heavy atom. The summed E-state index contributed by atoms with van der Waals surface area (Å²) >= 11 is 4.78. The lowest BCUT2D eigenvalue weighted by molar-refractivity contribution is -0.111. The van der Waals surface area contributed by atoms with Gasteiger partial charge in [0, 0.05) is 17.8 Å². The molecule has 1 aliphatic rings.